The number of sulfone groups is 1. The number of hydrogen-bond donors (Lipinski definition) is 2. The SMILES string of the molecule is Cc1ccccc1OCC(=O)Nc1ccc(S(=O)(=O)c2ccc(NC(=O)COc3ccccc3C)cc2)cc1. The molecule has 0 bridgehead atoms. The van der Waals surface area contributed by atoms with Crippen molar-refractivity contribution in [2.24, 2.45) is 0 Å². The Kier molecular flexibility index (Phi) is 8.63. The zero-order valence-corrected chi connectivity index (χ0v) is 22.3. The van der Waals surface area contributed by atoms with Gasteiger partial charge < -0.3 is 20.1 Å². The molecule has 8 nitrogen and oxygen atoms in total. The molecule has 39 heavy (non-hydrogen) atoms. The molecule has 0 aliphatic carbocycles. The van der Waals surface area contributed by atoms with Gasteiger partial charge in [-0.1, -0.05) is 36.4 Å². The molecule has 0 saturated carbocycles. The molecule has 0 unspecified atom stereocenters. The molecule has 0 fully saturated rings. The molecular formula is C30H28N2O6S. The number of para-hydroxylation sites is 2. The molecule has 4 aromatic rings. The van der Waals surface area contributed by atoms with Crippen LogP contribution in [0.25, 0.3) is 0 Å². The molecule has 2 N–H and O–H groups in total. The molecule has 0 aromatic heterocycles. The number of anilines is 2. The van der Waals surface area contributed by atoms with Crippen LogP contribution < -0.4 is 20.1 Å². The predicted octanol–water partition coefficient (Wildman–Crippen LogP) is 5.17. The molecular weight excluding hydrogens is 516 g/mol. The summed E-state index contributed by atoms with van der Waals surface area (Å²) in [4.78, 5) is 24.6. The van der Waals surface area contributed by atoms with Crippen molar-refractivity contribution in [3.05, 3.63) is 108 Å². The van der Waals surface area contributed by atoms with Crippen LogP contribution in [0.5, 0.6) is 11.5 Å². The van der Waals surface area contributed by atoms with E-state index >= 15 is 0 Å². The minimum atomic E-state index is -3.81. The van der Waals surface area contributed by atoms with Gasteiger partial charge in [0.2, 0.25) is 9.84 Å². The Labute approximate surface area is 227 Å². The first-order chi connectivity index (χ1) is 18.7. The summed E-state index contributed by atoms with van der Waals surface area (Å²) in [7, 11) is -3.81. The van der Waals surface area contributed by atoms with Crippen molar-refractivity contribution < 1.29 is 27.5 Å². The van der Waals surface area contributed by atoms with Crippen molar-refractivity contribution in [1.29, 1.82) is 0 Å². The minimum absolute atomic E-state index is 0.0695. The Morgan fingerprint density at radius 2 is 0.949 bits per heavy atom. The number of aryl methyl sites for hydroxylation is 2. The maximum absolute atomic E-state index is 13.1. The summed E-state index contributed by atoms with van der Waals surface area (Å²) < 4.78 is 37.2. The van der Waals surface area contributed by atoms with E-state index in [1.165, 1.54) is 48.5 Å². The van der Waals surface area contributed by atoms with Crippen LogP contribution in [0.1, 0.15) is 11.1 Å². The Bertz CT molecular complexity index is 1450. The van der Waals surface area contributed by atoms with Gasteiger partial charge in [0.25, 0.3) is 11.8 Å². The lowest BCUT2D eigenvalue weighted by atomic mass is 10.2. The summed E-state index contributed by atoms with van der Waals surface area (Å²) >= 11 is 0. The van der Waals surface area contributed by atoms with E-state index in [-0.39, 0.29) is 34.8 Å². The second kappa shape index (κ2) is 12.3. The summed E-state index contributed by atoms with van der Waals surface area (Å²) in [5.41, 5.74) is 2.72. The summed E-state index contributed by atoms with van der Waals surface area (Å²) in [5, 5.41) is 5.38. The van der Waals surface area contributed by atoms with Gasteiger partial charge >= 0.3 is 0 Å². The summed E-state index contributed by atoms with van der Waals surface area (Å²) in [6.07, 6.45) is 0. The van der Waals surface area contributed by atoms with Crippen molar-refractivity contribution in [3.63, 3.8) is 0 Å². The Hall–Kier alpha value is -4.63. The fourth-order valence-corrected chi connectivity index (χ4v) is 4.95. The average molecular weight is 545 g/mol. The lowest BCUT2D eigenvalue weighted by Crippen LogP contribution is -2.20. The van der Waals surface area contributed by atoms with E-state index in [1.807, 2.05) is 50.2 Å². The third kappa shape index (κ3) is 7.24. The highest BCUT2D eigenvalue weighted by molar-refractivity contribution is 7.91. The second-order valence-corrected chi connectivity index (χ2v) is 10.7. The van der Waals surface area contributed by atoms with E-state index in [2.05, 4.69) is 10.6 Å². The first kappa shape index (κ1) is 27.4. The second-order valence-electron chi connectivity index (χ2n) is 8.76. The van der Waals surface area contributed by atoms with Gasteiger partial charge in [-0.2, -0.15) is 0 Å². The largest absolute Gasteiger partial charge is 0.483 e. The summed E-state index contributed by atoms with van der Waals surface area (Å²) in [5.74, 6) is 0.511. The normalized spacial score (nSPS) is 10.9. The first-order valence-corrected chi connectivity index (χ1v) is 13.6. The monoisotopic (exact) mass is 544 g/mol. The van der Waals surface area contributed by atoms with Gasteiger partial charge in [-0.3, -0.25) is 9.59 Å². The molecule has 0 saturated heterocycles. The number of amides is 2. The van der Waals surface area contributed by atoms with Crippen LogP contribution in [0.15, 0.2) is 107 Å². The minimum Gasteiger partial charge on any atom is -0.483 e. The highest BCUT2D eigenvalue weighted by Gasteiger charge is 2.18. The van der Waals surface area contributed by atoms with Crippen LogP contribution in [0.4, 0.5) is 11.4 Å². The van der Waals surface area contributed by atoms with Gasteiger partial charge in [-0.15, -0.1) is 0 Å². The summed E-state index contributed by atoms with van der Waals surface area (Å²) in [6, 6.07) is 26.5. The van der Waals surface area contributed by atoms with Crippen molar-refractivity contribution in [2.75, 3.05) is 23.8 Å². The number of carbonyl (C=O) groups excluding carboxylic acids is 2. The topological polar surface area (TPSA) is 111 Å². The maximum Gasteiger partial charge on any atom is 0.262 e. The van der Waals surface area contributed by atoms with Crippen LogP contribution in [-0.4, -0.2) is 33.4 Å². The van der Waals surface area contributed by atoms with Crippen LogP contribution in [0.2, 0.25) is 0 Å². The molecule has 0 radical (unpaired) electrons. The van der Waals surface area contributed by atoms with E-state index in [0.29, 0.717) is 22.9 Å². The van der Waals surface area contributed by atoms with Crippen LogP contribution in [-0.2, 0) is 19.4 Å². The average Bonchev–Trinajstić information content (AvgIpc) is 2.93. The van der Waals surface area contributed by atoms with Crippen molar-refractivity contribution in [1.82, 2.24) is 0 Å². The zero-order valence-electron chi connectivity index (χ0n) is 21.5. The Morgan fingerprint density at radius 1 is 0.590 bits per heavy atom. The number of rotatable bonds is 10. The Balaban J connectivity index is 1.32. The third-order valence-corrected chi connectivity index (χ3v) is 7.59. The number of carbonyl (C=O) groups is 2. The van der Waals surface area contributed by atoms with E-state index in [0.717, 1.165) is 11.1 Å². The van der Waals surface area contributed by atoms with Crippen LogP contribution >= 0.6 is 0 Å². The van der Waals surface area contributed by atoms with Gasteiger partial charge in [0, 0.05) is 11.4 Å². The fraction of sp³-hybridized carbons (Fsp3) is 0.133. The van der Waals surface area contributed by atoms with Crippen LogP contribution in [0.3, 0.4) is 0 Å². The molecule has 0 atom stereocenters. The van der Waals surface area contributed by atoms with E-state index < -0.39 is 9.84 Å². The number of benzene rings is 4. The highest BCUT2D eigenvalue weighted by atomic mass is 32.2. The van der Waals surface area contributed by atoms with Crippen molar-refractivity contribution in [3.8, 4) is 11.5 Å². The molecule has 0 aliphatic rings. The number of ether oxygens (including phenoxy) is 2. The Morgan fingerprint density at radius 3 is 1.31 bits per heavy atom. The number of nitrogens with one attached hydrogen (secondary N) is 2. The van der Waals surface area contributed by atoms with E-state index in [4.69, 9.17) is 9.47 Å². The van der Waals surface area contributed by atoms with E-state index in [1.54, 1.807) is 12.1 Å². The molecule has 9 heteroatoms. The predicted molar refractivity (Wildman–Crippen MR) is 149 cm³/mol. The van der Waals surface area contributed by atoms with Gasteiger partial charge in [0.15, 0.2) is 13.2 Å². The maximum atomic E-state index is 13.1. The van der Waals surface area contributed by atoms with Gasteiger partial charge in [-0.25, -0.2) is 8.42 Å². The molecule has 0 heterocycles. The first-order valence-electron chi connectivity index (χ1n) is 12.1. The highest BCUT2D eigenvalue weighted by Crippen LogP contribution is 2.24. The molecule has 0 aliphatic heterocycles. The standard InChI is InChI=1S/C30H28N2O6S/c1-21-7-3-5-9-27(21)37-19-29(33)31-23-11-15-25(16-12-23)39(35,36)26-17-13-24(14-18-26)32-30(34)20-38-28-10-6-4-8-22(28)2/h3-18H,19-20H2,1-2H3,(H,31,33)(H,32,34). The van der Waals surface area contributed by atoms with Gasteiger partial charge in [-0.05, 0) is 85.6 Å². The van der Waals surface area contributed by atoms with Gasteiger partial charge in [0.05, 0.1) is 9.79 Å². The molecule has 4 aromatic carbocycles. The van der Waals surface area contributed by atoms with E-state index in [9.17, 15) is 18.0 Å². The molecule has 4 rings (SSSR count). The van der Waals surface area contributed by atoms with Crippen molar-refractivity contribution >= 4 is 33.0 Å². The molecule has 0 spiro atoms. The zero-order chi connectivity index (χ0) is 27.8. The third-order valence-electron chi connectivity index (χ3n) is 5.80. The smallest absolute Gasteiger partial charge is 0.262 e. The number of hydrogen-bond acceptors (Lipinski definition) is 6. The van der Waals surface area contributed by atoms with Crippen LogP contribution in [0, 0.1) is 13.8 Å². The molecule has 200 valence electrons. The van der Waals surface area contributed by atoms with Crippen molar-refractivity contribution in [2.45, 2.75) is 23.6 Å². The molecule has 2 amide bonds. The summed E-state index contributed by atoms with van der Waals surface area (Å²) in [6.45, 7) is 3.43. The lowest BCUT2D eigenvalue weighted by molar-refractivity contribution is -0.118. The lowest BCUT2D eigenvalue weighted by Gasteiger charge is -2.11. The fourth-order valence-electron chi connectivity index (χ4n) is 3.69. The quantitative estimate of drug-likeness (QED) is 0.285. The van der Waals surface area contributed by atoms with Gasteiger partial charge in [0.1, 0.15) is 11.5 Å².